The minimum absolute atomic E-state index is 0.453. The Balaban J connectivity index is 3.56. The molecular formula is C7H15N3O3. The van der Waals surface area contributed by atoms with Crippen LogP contribution >= 0.6 is 0 Å². The van der Waals surface area contributed by atoms with Gasteiger partial charge in [0.05, 0.1) is 0 Å². The topological polar surface area (TPSA) is 104 Å². The molecule has 0 aromatic heterocycles. The quantitative estimate of drug-likeness (QED) is 0.421. The highest BCUT2D eigenvalue weighted by Crippen LogP contribution is 1.80. The van der Waals surface area contributed by atoms with E-state index in [1.807, 2.05) is 0 Å². The van der Waals surface area contributed by atoms with Crippen LogP contribution in [0.2, 0.25) is 0 Å². The predicted octanol–water partition coefficient (Wildman–Crippen LogP) is -0.892. The van der Waals surface area contributed by atoms with Gasteiger partial charge in [-0.15, -0.1) is 0 Å². The molecule has 0 aliphatic carbocycles. The number of carbonyl (C=O) groups excluding carboxylic acids is 1. The van der Waals surface area contributed by atoms with Gasteiger partial charge < -0.3 is 21.5 Å². The van der Waals surface area contributed by atoms with E-state index in [2.05, 4.69) is 10.6 Å². The van der Waals surface area contributed by atoms with Gasteiger partial charge in [-0.25, -0.2) is 4.79 Å². The van der Waals surface area contributed by atoms with Crippen LogP contribution in [0.5, 0.6) is 0 Å². The van der Waals surface area contributed by atoms with Gasteiger partial charge >= 0.3 is 12.0 Å². The molecule has 5 N–H and O–H groups in total. The van der Waals surface area contributed by atoms with E-state index in [0.29, 0.717) is 19.5 Å². The maximum atomic E-state index is 10.9. The van der Waals surface area contributed by atoms with E-state index in [-0.39, 0.29) is 0 Å². The van der Waals surface area contributed by atoms with Crippen LogP contribution in [0.15, 0.2) is 0 Å². The number of carboxylic acids is 1. The van der Waals surface area contributed by atoms with E-state index in [1.165, 1.54) is 6.92 Å². The van der Waals surface area contributed by atoms with Crippen molar-refractivity contribution in [1.82, 2.24) is 10.6 Å². The molecule has 0 aliphatic rings. The number of carboxylic acid groups (broad SMARTS) is 1. The Morgan fingerprint density at radius 2 is 2.15 bits per heavy atom. The minimum atomic E-state index is -1.06. The zero-order valence-electron chi connectivity index (χ0n) is 7.54. The molecule has 2 amide bonds. The van der Waals surface area contributed by atoms with E-state index in [9.17, 15) is 9.59 Å². The van der Waals surface area contributed by atoms with Crippen molar-refractivity contribution >= 4 is 12.0 Å². The lowest BCUT2D eigenvalue weighted by Crippen LogP contribution is -2.44. The van der Waals surface area contributed by atoms with Crippen molar-refractivity contribution in [3.05, 3.63) is 0 Å². The second kappa shape index (κ2) is 6.24. The van der Waals surface area contributed by atoms with Crippen molar-refractivity contribution in [2.24, 2.45) is 5.73 Å². The standard InChI is InChI=1S/C7H15N3O3/c1-5(6(11)12)10-7(13)9-4-2-3-8/h5H,2-4,8H2,1H3,(H,11,12)(H2,9,10,13)/t5-/m0/s1. The number of aliphatic carboxylic acids is 1. The fraction of sp³-hybridized carbons (Fsp3) is 0.714. The first-order valence-electron chi connectivity index (χ1n) is 4.05. The SMILES string of the molecule is C[C@H](NC(=O)NCCCN)C(=O)O. The van der Waals surface area contributed by atoms with Gasteiger partial charge in [0.2, 0.25) is 0 Å². The third kappa shape index (κ3) is 5.92. The van der Waals surface area contributed by atoms with Crippen molar-refractivity contribution in [3.63, 3.8) is 0 Å². The van der Waals surface area contributed by atoms with Gasteiger partial charge in [-0.1, -0.05) is 0 Å². The average Bonchev–Trinajstić information content (AvgIpc) is 2.04. The third-order valence-electron chi connectivity index (χ3n) is 1.38. The first kappa shape index (κ1) is 11.7. The van der Waals surface area contributed by atoms with Gasteiger partial charge in [-0.3, -0.25) is 4.79 Å². The summed E-state index contributed by atoms with van der Waals surface area (Å²) in [7, 11) is 0. The maximum absolute atomic E-state index is 10.9. The summed E-state index contributed by atoms with van der Waals surface area (Å²) in [6.07, 6.45) is 0.675. The Morgan fingerprint density at radius 1 is 1.54 bits per heavy atom. The largest absolute Gasteiger partial charge is 0.480 e. The highest BCUT2D eigenvalue weighted by molar-refractivity contribution is 5.82. The van der Waals surface area contributed by atoms with E-state index >= 15 is 0 Å². The molecule has 0 aromatic carbocycles. The van der Waals surface area contributed by atoms with Crippen LogP contribution in [0.1, 0.15) is 13.3 Å². The highest BCUT2D eigenvalue weighted by atomic mass is 16.4. The molecule has 0 spiro atoms. The minimum Gasteiger partial charge on any atom is -0.480 e. The van der Waals surface area contributed by atoms with Crippen LogP contribution < -0.4 is 16.4 Å². The molecular weight excluding hydrogens is 174 g/mol. The summed E-state index contributed by atoms with van der Waals surface area (Å²) >= 11 is 0. The van der Waals surface area contributed by atoms with E-state index in [0.717, 1.165) is 0 Å². The number of hydrogen-bond acceptors (Lipinski definition) is 3. The molecule has 6 heteroatoms. The number of nitrogens with two attached hydrogens (primary N) is 1. The van der Waals surface area contributed by atoms with Gasteiger partial charge in [-0.05, 0) is 19.9 Å². The lowest BCUT2D eigenvalue weighted by molar-refractivity contribution is -0.138. The normalized spacial score (nSPS) is 11.8. The monoisotopic (exact) mass is 189 g/mol. The van der Waals surface area contributed by atoms with Crippen LogP contribution in [0.3, 0.4) is 0 Å². The lowest BCUT2D eigenvalue weighted by Gasteiger charge is -2.09. The fourth-order valence-electron chi connectivity index (χ4n) is 0.613. The van der Waals surface area contributed by atoms with Crippen LogP contribution in [-0.4, -0.2) is 36.2 Å². The molecule has 0 unspecified atom stereocenters. The summed E-state index contributed by atoms with van der Waals surface area (Å²) in [4.78, 5) is 21.2. The highest BCUT2D eigenvalue weighted by Gasteiger charge is 2.12. The first-order valence-corrected chi connectivity index (χ1v) is 4.05. The summed E-state index contributed by atoms with van der Waals surface area (Å²) in [5.41, 5.74) is 5.20. The summed E-state index contributed by atoms with van der Waals surface area (Å²) in [5, 5.41) is 13.2. The number of carbonyl (C=O) groups is 2. The molecule has 0 bridgehead atoms. The molecule has 0 rings (SSSR count). The van der Waals surface area contributed by atoms with Crippen molar-refractivity contribution in [1.29, 1.82) is 0 Å². The van der Waals surface area contributed by atoms with E-state index in [1.54, 1.807) is 0 Å². The van der Waals surface area contributed by atoms with Gasteiger partial charge in [-0.2, -0.15) is 0 Å². The van der Waals surface area contributed by atoms with E-state index in [4.69, 9.17) is 10.8 Å². The number of urea groups is 1. The van der Waals surface area contributed by atoms with Crippen LogP contribution in [0.4, 0.5) is 4.79 Å². The van der Waals surface area contributed by atoms with Crippen LogP contribution in [0.25, 0.3) is 0 Å². The van der Waals surface area contributed by atoms with E-state index < -0.39 is 18.0 Å². The number of hydrogen-bond donors (Lipinski definition) is 4. The van der Waals surface area contributed by atoms with Gasteiger partial charge in [0.15, 0.2) is 0 Å². The van der Waals surface area contributed by atoms with Crippen molar-refractivity contribution in [3.8, 4) is 0 Å². The third-order valence-corrected chi connectivity index (χ3v) is 1.38. The summed E-state index contributed by atoms with van der Waals surface area (Å²) in [5.74, 6) is -1.06. The van der Waals surface area contributed by atoms with Crippen molar-refractivity contribution in [2.75, 3.05) is 13.1 Å². The van der Waals surface area contributed by atoms with Crippen molar-refractivity contribution in [2.45, 2.75) is 19.4 Å². The lowest BCUT2D eigenvalue weighted by atomic mass is 10.3. The smallest absolute Gasteiger partial charge is 0.325 e. The Kier molecular flexibility index (Phi) is 5.62. The zero-order chi connectivity index (χ0) is 10.3. The van der Waals surface area contributed by atoms with Gasteiger partial charge in [0.1, 0.15) is 6.04 Å². The van der Waals surface area contributed by atoms with Gasteiger partial charge in [0, 0.05) is 6.54 Å². The Labute approximate surface area is 76.5 Å². The molecule has 13 heavy (non-hydrogen) atoms. The number of amides is 2. The molecule has 0 aliphatic heterocycles. The molecule has 76 valence electrons. The second-order valence-electron chi connectivity index (χ2n) is 2.60. The van der Waals surface area contributed by atoms with Crippen LogP contribution in [0, 0.1) is 0 Å². The molecule has 0 aromatic rings. The fourth-order valence-corrected chi connectivity index (χ4v) is 0.613. The molecule has 0 radical (unpaired) electrons. The Bertz CT molecular complexity index is 184. The van der Waals surface area contributed by atoms with Gasteiger partial charge in [0.25, 0.3) is 0 Å². The predicted molar refractivity (Wildman–Crippen MR) is 47.3 cm³/mol. The molecule has 1 atom stereocenters. The maximum Gasteiger partial charge on any atom is 0.325 e. The average molecular weight is 189 g/mol. The molecule has 0 heterocycles. The second-order valence-corrected chi connectivity index (χ2v) is 2.60. The molecule has 0 saturated heterocycles. The Morgan fingerprint density at radius 3 is 2.62 bits per heavy atom. The zero-order valence-corrected chi connectivity index (χ0v) is 7.54. The molecule has 0 fully saturated rings. The molecule has 0 saturated carbocycles. The summed E-state index contributed by atoms with van der Waals surface area (Å²) in [6, 6.07) is -1.36. The first-order chi connectivity index (χ1) is 6.07. The number of nitrogens with one attached hydrogen (secondary N) is 2. The summed E-state index contributed by atoms with van der Waals surface area (Å²) < 4.78 is 0. The van der Waals surface area contributed by atoms with Crippen molar-refractivity contribution < 1.29 is 14.7 Å². The Hall–Kier alpha value is -1.30. The summed E-state index contributed by atoms with van der Waals surface area (Å²) in [6.45, 7) is 2.34. The van der Waals surface area contributed by atoms with Crippen LogP contribution in [-0.2, 0) is 4.79 Å². The molecule has 6 nitrogen and oxygen atoms in total. The number of rotatable bonds is 5.